The first kappa shape index (κ1) is 16.4. The fourth-order valence-corrected chi connectivity index (χ4v) is 2.50. The Balaban J connectivity index is 2.15. The van der Waals surface area contributed by atoms with Gasteiger partial charge in [0.25, 0.3) is 0 Å². The van der Waals surface area contributed by atoms with Gasteiger partial charge < -0.3 is 10.2 Å². The van der Waals surface area contributed by atoms with E-state index in [2.05, 4.69) is 65.5 Å². The van der Waals surface area contributed by atoms with Crippen molar-refractivity contribution in [2.24, 2.45) is 0 Å². The predicted molar refractivity (Wildman–Crippen MR) is 91.9 cm³/mol. The molecule has 0 spiro atoms. The molecule has 0 aliphatic heterocycles. The van der Waals surface area contributed by atoms with Gasteiger partial charge >= 0.3 is 0 Å². The molecule has 0 bridgehead atoms. The van der Waals surface area contributed by atoms with Crippen molar-refractivity contribution in [2.75, 3.05) is 19.4 Å². The summed E-state index contributed by atoms with van der Waals surface area (Å²) in [6.45, 7) is 5.84. The van der Waals surface area contributed by atoms with Gasteiger partial charge in [-0.25, -0.2) is 9.97 Å². The molecule has 1 aromatic carbocycles. The number of nitrogens with one attached hydrogen (secondary N) is 1. The van der Waals surface area contributed by atoms with E-state index in [0.29, 0.717) is 0 Å². The Morgan fingerprint density at radius 2 is 1.82 bits per heavy atom. The second-order valence-corrected chi connectivity index (χ2v) is 5.90. The molecular weight excluding hydrogens is 272 g/mol. The zero-order valence-corrected chi connectivity index (χ0v) is 14.1. The molecule has 1 N–H and O–H groups in total. The summed E-state index contributed by atoms with van der Waals surface area (Å²) < 4.78 is 0. The van der Waals surface area contributed by atoms with Crippen molar-refractivity contribution in [3.8, 4) is 0 Å². The lowest BCUT2D eigenvalue weighted by molar-refractivity contribution is 0.401. The molecule has 118 valence electrons. The van der Waals surface area contributed by atoms with E-state index in [0.717, 1.165) is 37.6 Å². The van der Waals surface area contributed by atoms with Gasteiger partial charge in [0.15, 0.2) is 0 Å². The van der Waals surface area contributed by atoms with Gasteiger partial charge in [0.2, 0.25) is 0 Å². The number of rotatable bonds is 7. The third-order valence-corrected chi connectivity index (χ3v) is 3.56. The summed E-state index contributed by atoms with van der Waals surface area (Å²) in [4.78, 5) is 11.1. The Morgan fingerprint density at radius 1 is 1.09 bits per heavy atom. The number of benzene rings is 1. The lowest BCUT2D eigenvalue weighted by Crippen LogP contribution is -2.14. The first-order valence-electron chi connectivity index (χ1n) is 7.88. The van der Waals surface area contributed by atoms with Crippen molar-refractivity contribution in [2.45, 2.75) is 39.8 Å². The minimum absolute atomic E-state index is 0.789. The minimum atomic E-state index is 0.789. The number of nitrogens with zero attached hydrogens (tertiary/aromatic N) is 3. The fourth-order valence-electron chi connectivity index (χ4n) is 2.50. The maximum Gasteiger partial charge on any atom is 0.133 e. The van der Waals surface area contributed by atoms with Crippen LogP contribution in [0, 0.1) is 6.92 Å². The lowest BCUT2D eigenvalue weighted by atomic mass is 10.1. The molecule has 0 radical (unpaired) electrons. The van der Waals surface area contributed by atoms with Gasteiger partial charge in [-0.05, 0) is 38.6 Å². The summed E-state index contributed by atoms with van der Waals surface area (Å²) in [5, 5.41) is 3.50. The van der Waals surface area contributed by atoms with Crippen molar-refractivity contribution >= 4 is 5.82 Å². The van der Waals surface area contributed by atoms with Crippen LogP contribution >= 0.6 is 0 Å². The molecule has 4 heteroatoms. The minimum Gasteiger partial charge on any atom is -0.366 e. The summed E-state index contributed by atoms with van der Waals surface area (Å²) >= 11 is 0. The van der Waals surface area contributed by atoms with Crippen LogP contribution in [-0.4, -0.2) is 29.0 Å². The van der Waals surface area contributed by atoms with E-state index < -0.39 is 0 Å². The van der Waals surface area contributed by atoms with Crippen molar-refractivity contribution in [3.63, 3.8) is 0 Å². The van der Waals surface area contributed by atoms with Gasteiger partial charge in [-0.1, -0.05) is 37.6 Å². The number of aromatic nitrogens is 2. The standard InChI is InChI=1S/C18H26N4/c1-5-8-16-12-19-14(2)21-18(16)20-11-15-9-6-7-10-17(15)13-22(3)4/h6-7,9-10,12H,5,8,11,13H2,1-4H3,(H,19,20,21). The molecule has 1 aromatic heterocycles. The quantitative estimate of drug-likeness (QED) is 0.850. The largest absolute Gasteiger partial charge is 0.366 e. The molecule has 0 fully saturated rings. The molecule has 0 aliphatic rings. The zero-order chi connectivity index (χ0) is 15.9. The van der Waals surface area contributed by atoms with Gasteiger partial charge in [0, 0.05) is 24.8 Å². The van der Waals surface area contributed by atoms with Crippen LogP contribution in [0.1, 0.15) is 35.9 Å². The Bertz CT molecular complexity index is 608. The molecule has 0 saturated carbocycles. The first-order valence-corrected chi connectivity index (χ1v) is 7.88. The van der Waals surface area contributed by atoms with Crippen molar-refractivity contribution in [3.05, 3.63) is 53.0 Å². The zero-order valence-electron chi connectivity index (χ0n) is 14.1. The molecule has 0 amide bonds. The molecule has 2 aromatic rings. The predicted octanol–water partition coefficient (Wildman–Crippen LogP) is 3.41. The van der Waals surface area contributed by atoms with Crippen LogP contribution < -0.4 is 5.32 Å². The number of anilines is 1. The maximum absolute atomic E-state index is 4.56. The Morgan fingerprint density at radius 3 is 2.50 bits per heavy atom. The second-order valence-electron chi connectivity index (χ2n) is 5.90. The van der Waals surface area contributed by atoms with Gasteiger partial charge in [0.1, 0.15) is 11.6 Å². The van der Waals surface area contributed by atoms with Gasteiger partial charge in [-0.3, -0.25) is 0 Å². The van der Waals surface area contributed by atoms with Crippen molar-refractivity contribution < 1.29 is 0 Å². The highest BCUT2D eigenvalue weighted by Crippen LogP contribution is 2.17. The third kappa shape index (κ3) is 4.53. The van der Waals surface area contributed by atoms with Gasteiger partial charge in [0.05, 0.1) is 0 Å². The topological polar surface area (TPSA) is 41.1 Å². The van der Waals surface area contributed by atoms with Crippen LogP contribution in [0.4, 0.5) is 5.82 Å². The van der Waals surface area contributed by atoms with Crippen LogP contribution in [0.3, 0.4) is 0 Å². The summed E-state index contributed by atoms with van der Waals surface area (Å²) in [7, 11) is 4.19. The smallest absolute Gasteiger partial charge is 0.133 e. The van der Waals surface area contributed by atoms with Crippen LogP contribution in [0.25, 0.3) is 0 Å². The van der Waals surface area contributed by atoms with E-state index >= 15 is 0 Å². The summed E-state index contributed by atoms with van der Waals surface area (Å²) in [6, 6.07) is 8.56. The van der Waals surface area contributed by atoms with Crippen LogP contribution in [0.2, 0.25) is 0 Å². The highest BCUT2D eigenvalue weighted by atomic mass is 15.1. The fraction of sp³-hybridized carbons (Fsp3) is 0.444. The third-order valence-electron chi connectivity index (χ3n) is 3.56. The molecule has 0 aliphatic carbocycles. The lowest BCUT2D eigenvalue weighted by Gasteiger charge is -2.16. The number of hydrogen-bond acceptors (Lipinski definition) is 4. The Kier molecular flexibility index (Phi) is 5.90. The highest BCUT2D eigenvalue weighted by molar-refractivity contribution is 5.44. The van der Waals surface area contributed by atoms with Crippen LogP contribution in [0.15, 0.2) is 30.5 Å². The molecule has 1 heterocycles. The van der Waals surface area contributed by atoms with E-state index in [1.807, 2.05) is 13.1 Å². The molecule has 0 unspecified atom stereocenters. The van der Waals surface area contributed by atoms with Crippen LogP contribution in [-0.2, 0) is 19.5 Å². The average molecular weight is 298 g/mol. The average Bonchev–Trinajstić information content (AvgIpc) is 2.48. The van der Waals surface area contributed by atoms with Crippen molar-refractivity contribution in [1.29, 1.82) is 0 Å². The van der Waals surface area contributed by atoms with E-state index in [4.69, 9.17) is 0 Å². The number of aryl methyl sites for hydroxylation is 2. The van der Waals surface area contributed by atoms with E-state index in [9.17, 15) is 0 Å². The molecule has 2 rings (SSSR count). The van der Waals surface area contributed by atoms with Gasteiger partial charge in [-0.2, -0.15) is 0 Å². The van der Waals surface area contributed by atoms with Crippen molar-refractivity contribution in [1.82, 2.24) is 14.9 Å². The molecule has 0 atom stereocenters. The second kappa shape index (κ2) is 7.90. The van der Waals surface area contributed by atoms with E-state index in [-0.39, 0.29) is 0 Å². The SMILES string of the molecule is CCCc1cnc(C)nc1NCc1ccccc1CN(C)C. The Labute approximate surface area is 133 Å². The molecular formula is C18H26N4. The summed E-state index contributed by atoms with van der Waals surface area (Å²) in [6.07, 6.45) is 4.04. The maximum atomic E-state index is 4.56. The van der Waals surface area contributed by atoms with E-state index in [1.165, 1.54) is 16.7 Å². The summed E-state index contributed by atoms with van der Waals surface area (Å²) in [5.41, 5.74) is 3.86. The highest BCUT2D eigenvalue weighted by Gasteiger charge is 2.07. The monoisotopic (exact) mass is 298 g/mol. The number of hydrogen-bond donors (Lipinski definition) is 1. The normalized spacial score (nSPS) is 11.0. The molecule has 22 heavy (non-hydrogen) atoms. The molecule has 0 saturated heterocycles. The Hall–Kier alpha value is -1.94. The van der Waals surface area contributed by atoms with E-state index in [1.54, 1.807) is 0 Å². The van der Waals surface area contributed by atoms with Gasteiger partial charge in [-0.15, -0.1) is 0 Å². The van der Waals surface area contributed by atoms with Crippen LogP contribution in [0.5, 0.6) is 0 Å². The molecule has 4 nitrogen and oxygen atoms in total. The first-order chi connectivity index (χ1) is 10.6. The summed E-state index contributed by atoms with van der Waals surface area (Å²) in [5.74, 6) is 1.78.